The average Bonchev–Trinajstić information content (AvgIpc) is 3.11. The van der Waals surface area contributed by atoms with Gasteiger partial charge in [-0.05, 0) is 42.8 Å². The molecule has 3 amide bonds. The highest BCUT2D eigenvalue weighted by Gasteiger charge is 2.21. The summed E-state index contributed by atoms with van der Waals surface area (Å²) in [5.41, 5.74) is 5.73. The van der Waals surface area contributed by atoms with Crippen LogP contribution in [0.1, 0.15) is 23.2 Å². The van der Waals surface area contributed by atoms with Crippen LogP contribution in [0.15, 0.2) is 53.4 Å². The number of carbonyl (C=O) groups excluding carboxylic acids is 3. The van der Waals surface area contributed by atoms with Gasteiger partial charge in [0.1, 0.15) is 5.82 Å². The summed E-state index contributed by atoms with van der Waals surface area (Å²) in [5.74, 6) is -1.27. The molecule has 8 heteroatoms. The second kappa shape index (κ2) is 8.68. The van der Waals surface area contributed by atoms with Crippen LogP contribution in [0, 0.1) is 5.82 Å². The first kappa shape index (κ1) is 18.9. The number of hydrazine groups is 1. The van der Waals surface area contributed by atoms with Crippen LogP contribution in [0.4, 0.5) is 10.1 Å². The van der Waals surface area contributed by atoms with E-state index in [2.05, 4.69) is 10.9 Å². The largest absolute Gasteiger partial charge is 0.312 e. The Balaban J connectivity index is 1.48. The Labute approximate surface area is 160 Å². The highest BCUT2D eigenvalue weighted by atomic mass is 32.2. The molecular weight excluding hydrogens is 369 g/mol. The van der Waals surface area contributed by atoms with E-state index in [4.69, 9.17) is 0 Å². The van der Waals surface area contributed by atoms with Gasteiger partial charge in [0.25, 0.3) is 5.91 Å². The maximum absolute atomic E-state index is 13.5. The number of thioether (sulfide) groups is 1. The van der Waals surface area contributed by atoms with Crippen LogP contribution in [0.25, 0.3) is 0 Å². The van der Waals surface area contributed by atoms with Crippen LogP contribution in [-0.2, 0) is 9.59 Å². The number of hydrogen-bond donors (Lipinski definition) is 2. The van der Waals surface area contributed by atoms with Crippen molar-refractivity contribution in [3.8, 4) is 0 Å². The molecule has 0 radical (unpaired) electrons. The fourth-order valence-electron chi connectivity index (χ4n) is 2.65. The lowest BCUT2D eigenvalue weighted by molar-refractivity contribution is -0.119. The van der Waals surface area contributed by atoms with Crippen molar-refractivity contribution in [2.75, 3.05) is 17.2 Å². The Morgan fingerprint density at radius 1 is 1.07 bits per heavy atom. The highest BCUT2D eigenvalue weighted by Crippen LogP contribution is 2.22. The number of halogens is 1. The van der Waals surface area contributed by atoms with E-state index in [1.807, 2.05) is 0 Å². The van der Waals surface area contributed by atoms with Gasteiger partial charge in [-0.3, -0.25) is 25.2 Å². The summed E-state index contributed by atoms with van der Waals surface area (Å²) in [6.07, 6.45) is 1.37. The number of nitrogens with zero attached hydrogens (tertiary/aromatic N) is 1. The Hall–Kier alpha value is -2.87. The van der Waals surface area contributed by atoms with Gasteiger partial charge in [-0.2, -0.15) is 0 Å². The average molecular weight is 387 g/mol. The molecule has 2 aromatic carbocycles. The van der Waals surface area contributed by atoms with Gasteiger partial charge in [-0.1, -0.05) is 12.1 Å². The predicted octanol–water partition coefficient (Wildman–Crippen LogP) is 2.51. The molecule has 6 nitrogen and oxygen atoms in total. The Kier molecular flexibility index (Phi) is 6.08. The topological polar surface area (TPSA) is 78.5 Å². The summed E-state index contributed by atoms with van der Waals surface area (Å²) in [5, 5.41) is 0. The molecule has 27 heavy (non-hydrogen) atoms. The van der Waals surface area contributed by atoms with E-state index >= 15 is 0 Å². The molecule has 0 spiro atoms. The van der Waals surface area contributed by atoms with Gasteiger partial charge in [0, 0.05) is 29.1 Å². The molecule has 0 bridgehead atoms. The van der Waals surface area contributed by atoms with Crippen molar-refractivity contribution in [1.29, 1.82) is 0 Å². The van der Waals surface area contributed by atoms with Crippen molar-refractivity contribution in [2.24, 2.45) is 0 Å². The number of amides is 3. The smallest absolute Gasteiger partial charge is 0.269 e. The minimum atomic E-state index is -0.474. The van der Waals surface area contributed by atoms with E-state index in [1.165, 1.54) is 6.07 Å². The number of nitrogens with one attached hydrogen (secondary N) is 2. The Morgan fingerprint density at radius 3 is 2.48 bits per heavy atom. The zero-order valence-corrected chi connectivity index (χ0v) is 15.2. The zero-order chi connectivity index (χ0) is 19.2. The lowest BCUT2D eigenvalue weighted by atomic mass is 10.2. The van der Waals surface area contributed by atoms with Crippen molar-refractivity contribution in [3.63, 3.8) is 0 Å². The van der Waals surface area contributed by atoms with Crippen LogP contribution >= 0.6 is 11.8 Å². The Bertz CT molecular complexity index is 858. The Morgan fingerprint density at radius 2 is 1.81 bits per heavy atom. The third-order valence-electron chi connectivity index (χ3n) is 4.03. The molecule has 2 N–H and O–H groups in total. The second-order valence-electron chi connectivity index (χ2n) is 5.92. The number of carbonyl (C=O) groups is 3. The number of anilines is 1. The molecule has 1 fully saturated rings. The van der Waals surface area contributed by atoms with E-state index in [9.17, 15) is 18.8 Å². The first-order valence-corrected chi connectivity index (χ1v) is 9.40. The third kappa shape index (κ3) is 4.85. The van der Waals surface area contributed by atoms with E-state index < -0.39 is 17.6 Å². The first-order valence-electron chi connectivity index (χ1n) is 8.41. The summed E-state index contributed by atoms with van der Waals surface area (Å²) in [4.78, 5) is 37.7. The van der Waals surface area contributed by atoms with Crippen molar-refractivity contribution in [1.82, 2.24) is 10.9 Å². The van der Waals surface area contributed by atoms with Gasteiger partial charge < -0.3 is 4.90 Å². The molecule has 140 valence electrons. The molecule has 0 aliphatic carbocycles. The maximum atomic E-state index is 13.5. The standard InChI is InChI=1S/C19H18FN3O3S/c20-15-4-1-2-5-16(15)27-12-17(24)21-22-19(26)13-7-9-14(10-8-13)23-11-3-6-18(23)25/h1-2,4-5,7-10H,3,6,11-12H2,(H,21,24)(H,22,26). The fraction of sp³-hybridized carbons (Fsp3) is 0.211. The van der Waals surface area contributed by atoms with Crippen LogP contribution < -0.4 is 15.8 Å². The van der Waals surface area contributed by atoms with Gasteiger partial charge >= 0.3 is 0 Å². The molecule has 0 saturated carbocycles. The molecule has 1 aliphatic heterocycles. The summed E-state index contributed by atoms with van der Waals surface area (Å²) in [6, 6.07) is 12.8. The zero-order valence-electron chi connectivity index (χ0n) is 14.4. The molecule has 2 aromatic rings. The van der Waals surface area contributed by atoms with Gasteiger partial charge in [0.2, 0.25) is 11.8 Å². The number of benzene rings is 2. The van der Waals surface area contributed by atoms with Crippen molar-refractivity contribution >= 4 is 35.2 Å². The van der Waals surface area contributed by atoms with Crippen LogP contribution in [0.2, 0.25) is 0 Å². The van der Waals surface area contributed by atoms with E-state index in [-0.39, 0.29) is 11.7 Å². The van der Waals surface area contributed by atoms with Gasteiger partial charge in [-0.15, -0.1) is 11.8 Å². The van der Waals surface area contributed by atoms with Gasteiger partial charge in [0.15, 0.2) is 0 Å². The van der Waals surface area contributed by atoms with Crippen LogP contribution in [-0.4, -0.2) is 30.0 Å². The first-order chi connectivity index (χ1) is 13.0. The number of rotatable bonds is 5. The SMILES string of the molecule is O=C(CSc1ccccc1F)NNC(=O)c1ccc(N2CCCC2=O)cc1. The van der Waals surface area contributed by atoms with E-state index in [1.54, 1.807) is 47.4 Å². The molecule has 1 saturated heterocycles. The lowest BCUT2D eigenvalue weighted by Gasteiger charge is -2.15. The summed E-state index contributed by atoms with van der Waals surface area (Å²) in [7, 11) is 0. The van der Waals surface area contributed by atoms with Crippen LogP contribution in [0.3, 0.4) is 0 Å². The van der Waals surface area contributed by atoms with E-state index in [0.29, 0.717) is 23.4 Å². The molecule has 1 heterocycles. The predicted molar refractivity (Wildman–Crippen MR) is 101 cm³/mol. The van der Waals surface area contributed by atoms with Crippen molar-refractivity contribution in [2.45, 2.75) is 17.7 Å². The van der Waals surface area contributed by atoms with Crippen LogP contribution in [0.5, 0.6) is 0 Å². The summed E-state index contributed by atoms with van der Waals surface area (Å²) in [6.45, 7) is 0.681. The maximum Gasteiger partial charge on any atom is 0.269 e. The minimum absolute atomic E-state index is 0.0305. The molecule has 3 rings (SSSR count). The fourth-order valence-corrected chi connectivity index (χ4v) is 3.39. The quantitative estimate of drug-likeness (QED) is 0.610. The number of hydrogen-bond acceptors (Lipinski definition) is 4. The third-order valence-corrected chi connectivity index (χ3v) is 5.07. The van der Waals surface area contributed by atoms with Gasteiger partial charge in [-0.25, -0.2) is 4.39 Å². The lowest BCUT2D eigenvalue weighted by Crippen LogP contribution is -2.42. The molecule has 0 atom stereocenters. The summed E-state index contributed by atoms with van der Waals surface area (Å²) < 4.78 is 13.5. The monoisotopic (exact) mass is 387 g/mol. The molecular formula is C19H18FN3O3S. The molecule has 0 unspecified atom stereocenters. The van der Waals surface area contributed by atoms with Crippen molar-refractivity contribution < 1.29 is 18.8 Å². The van der Waals surface area contributed by atoms with E-state index in [0.717, 1.165) is 23.9 Å². The molecule has 1 aliphatic rings. The minimum Gasteiger partial charge on any atom is -0.312 e. The normalized spacial score (nSPS) is 13.5. The highest BCUT2D eigenvalue weighted by molar-refractivity contribution is 8.00. The summed E-state index contributed by atoms with van der Waals surface area (Å²) >= 11 is 1.04. The second-order valence-corrected chi connectivity index (χ2v) is 6.93. The van der Waals surface area contributed by atoms with Crippen molar-refractivity contribution in [3.05, 3.63) is 59.9 Å². The molecule has 0 aromatic heterocycles. The van der Waals surface area contributed by atoms with Gasteiger partial charge in [0.05, 0.1) is 5.75 Å².